The lowest BCUT2D eigenvalue weighted by Crippen LogP contribution is -2.41. The van der Waals surface area contributed by atoms with Crippen LogP contribution in [-0.4, -0.2) is 103 Å². The molecule has 7 aromatic rings. The van der Waals surface area contributed by atoms with Gasteiger partial charge in [-0.3, -0.25) is 38.9 Å². The summed E-state index contributed by atoms with van der Waals surface area (Å²) in [4.78, 5) is 93.7. The van der Waals surface area contributed by atoms with Gasteiger partial charge in [-0.15, -0.1) is 0 Å². The van der Waals surface area contributed by atoms with Gasteiger partial charge in [0.05, 0.1) is 21.7 Å². The van der Waals surface area contributed by atoms with Crippen molar-refractivity contribution in [2.24, 2.45) is 0 Å². The topological polar surface area (TPSA) is 261 Å². The van der Waals surface area contributed by atoms with E-state index >= 15 is 0 Å². The molecule has 0 saturated heterocycles. The number of phenolic OH excluding ortho intramolecular Hbond substituents is 2. The zero-order chi connectivity index (χ0) is 47.9. The quantitative estimate of drug-likeness (QED) is 0.0251. The molecule has 18 heteroatoms. The standard InChI is InChI=1S/C50H44N8O10/c59-39-16-13-29-6-1-3-9-35(29)42(39)47(63)55-24-20-51-18-22-53-45(61)32-26-33(46(62)54-23-19-52-21-25-56-48(64)43-36-10-4-2-7-30(36)14-17-40(43)60)28-34(27-32)57-49(65)37-11-5-8-31-12-15-38(58(67)68)44(41(31)37)50(57)66/h1-17,26-28,51-52,59-60H,18-25H2,(H,53,61)(H,54,62)(H,55,63)(H,56,64). The van der Waals surface area contributed by atoms with Crippen LogP contribution >= 0.6 is 0 Å². The number of nitro groups is 1. The Morgan fingerprint density at radius 1 is 0.515 bits per heavy atom. The number of phenols is 2. The largest absolute Gasteiger partial charge is 0.507 e. The smallest absolute Gasteiger partial charge is 0.282 e. The second kappa shape index (κ2) is 20.2. The van der Waals surface area contributed by atoms with Crippen molar-refractivity contribution in [3.8, 4) is 11.5 Å². The molecule has 0 radical (unpaired) electrons. The molecule has 1 heterocycles. The fourth-order valence-electron chi connectivity index (χ4n) is 8.16. The third-order valence-electron chi connectivity index (χ3n) is 11.4. The number of nitrogens with one attached hydrogen (secondary N) is 6. The van der Waals surface area contributed by atoms with Crippen LogP contribution in [0.3, 0.4) is 0 Å². The number of fused-ring (bicyclic) bond motifs is 2. The molecular formula is C50H44N8O10. The van der Waals surface area contributed by atoms with Crippen LogP contribution in [0.1, 0.15) is 62.1 Å². The molecular weight excluding hydrogens is 873 g/mol. The van der Waals surface area contributed by atoms with Crippen molar-refractivity contribution in [2.45, 2.75) is 0 Å². The Morgan fingerprint density at radius 2 is 0.971 bits per heavy atom. The van der Waals surface area contributed by atoms with Crippen LogP contribution in [0.25, 0.3) is 32.3 Å². The summed E-state index contributed by atoms with van der Waals surface area (Å²) in [6.07, 6.45) is 0. The van der Waals surface area contributed by atoms with Crippen molar-refractivity contribution in [1.82, 2.24) is 31.9 Å². The lowest BCUT2D eigenvalue weighted by Gasteiger charge is -2.27. The van der Waals surface area contributed by atoms with E-state index in [1.807, 2.05) is 24.3 Å². The molecule has 344 valence electrons. The second-order valence-electron chi connectivity index (χ2n) is 15.7. The summed E-state index contributed by atoms with van der Waals surface area (Å²) >= 11 is 0. The summed E-state index contributed by atoms with van der Waals surface area (Å²) in [6, 6.07) is 31.8. The zero-order valence-electron chi connectivity index (χ0n) is 36.3. The van der Waals surface area contributed by atoms with E-state index in [1.165, 1.54) is 48.5 Å². The van der Waals surface area contributed by atoms with Gasteiger partial charge in [-0.2, -0.15) is 0 Å². The van der Waals surface area contributed by atoms with Crippen LogP contribution in [0.5, 0.6) is 11.5 Å². The first-order chi connectivity index (χ1) is 32.9. The van der Waals surface area contributed by atoms with Crippen LogP contribution in [0.15, 0.2) is 121 Å². The monoisotopic (exact) mass is 916 g/mol. The highest BCUT2D eigenvalue weighted by Gasteiger charge is 2.39. The van der Waals surface area contributed by atoms with Crippen LogP contribution in [0, 0.1) is 10.1 Å². The van der Waals surface area contributed by atoms with E-state index in [-0.39, 0.29) is 95.2 Å². The molecule has 0 aromatic heterocycles. The van der Waals surface area contributed by atoms with E-state index in [4.69, 9.17) is 0 Å². The molecule has 0 aliphatic carbocycles. The van der Waals surface area contributed by atoms with Gasteiger partial charge in [0.15, 0.2) is 0 Å². The van der Waals surface area contributed by atoms with Gasteiger partial charge < -0.3 is 42.1 Å². The number of rotatable bonds is 18. The summed E-state index contributed by atoms with van der Waals surface area (Å²) in [5.74, 6) is -4.33. The zero-order valence-corrected chi connectivity index (χ0v) is 36.3. The molecule has 7 aromatic carbocycles. The fraction of sp³-hybridized carbons (Fsp3) is 0.160. The minimum absolute atomic E-state index is 0.0222. The van der Waals surface area contributed by atoms with Crippen LogP contribution in [-0.2, 0) is 0 Å². The van der Waals surface area contributed by atoms with Crippen LogP contribution in [0.4, 0.5) is 11.4 Å². The third-order valence-corrected chi connectivity index (χ3v) is 11.4. The number of aromatic hydroxyl groups is 2. The molecule has 8 N–H and O–H groups in total. The number of hydrogen-bond acceptors (Lipinski definition) is 12. The summed E-state index contributed by atoms with van der Waals surface area (Å²) < 4.78 is 0. The van der Waals surface area contributed by atoms with Gasteiger partial charge >= 0.3 is 0 Å². The van der Waals surface area contributed by atoms with Gasteiger partial charge in [-0.05, 0) is 69.4 Å². The second-order valence-corrected chi connectivity index (χ2v) is 15.7. The minimum atomic E-state index is -1.01. The lowest BCUT2D eigenvalue weighted by molar-refractivity contribution is -0.385. The Bertz CT molecular complexity index is 3050. The summed E-state index contributed by atoms with van der Waals surface area (Å²) in [5.41, 5.74) is -0.833. The molecule has 0 saturated carbocycles. The number of nitrogens with zero attached hydrogens (tertiary/aromatic N) is 2. The SMILES string of the molecule is O=C(NCCNCCNC(=O)c1c(O)ccc2ccccc12)c1cc(C(=O)NCCNCCNC(=O)c2c(O)ccc3ccccc23)cc(N2C(=O)c3cccc4ccc([N+](=O)[O-])c(c34)C2=O)c1. The molecule has 1 aliphatic heterocycles. The van der Waals surface area contributed by atoms with Crippen molar-refractivity contribution in [3.05, 3.63) is 165 Å². The van der Waals surface area contributed by atoms with E-state index in [0.29, 0.717) is 29.2 Å². The van der Waals surface area contributed by atoms with Crippen LogP contribution < -0.4 is 36.8 Å². The van der Waals surface area contributed by atoms with E-state index in [1.54, 1.807) is 48.5 Å². The average molecular weight is 917 g/mol. The van der Waals surface area contributed by atoms with Crippen molar-refractivity contribution >= 4 is 79.1 Å². The lowest BCUT2D eigenvalue weighted by atomic mass is 9.92. The van der Waals surface area contributed by atoms with Crippen molar-refractivity contribution in [3.63, 3.8) is 0 Å². The Hall–Kier alpha value is -8.74. The number of benzene rings is 7. The van der Waals surface area contributed by atoms with E-state index < -0.39 is 46.1 Å². The molecule has 0 atom stereocenters. The maximum absolute atomic E-state index is 14.2. The molecule has 6 amide bonds. The molecule has 0 fully saturated rings. The van der Waals surface area contributed by atoms with Crippen molar-refractivity contribution in [2.75, 3.05) is 57.3 Å². The Morgan fingerprint density at radius 3 is 1.47 bits per heavy atom. The van der Waals surface area contributed by atoms with Gasteiger partial charge in [0, 0.05) is 80.5 Å². The predicted molar refractivity (Wildman–Crippen MR) is 254 cm³/mol. The summed E-state index contributed by atoms with van der Waals surface area (Å²) in [7, 11) is 0. The highest BCUT2D eigenvalue weighted by Crippen LogP contribution is 2.38. The average Bonchev–Trinajstić information content (AvgIpc) is 3.34. The van der Waals surface area contributed by atoms with Gasteiger partial charge in [-0.1, -0.05) is 72.8 Å². The summed E-state index contributed by atoms with van der Waals surface area (Å²) in [6.45, 7) is 1.70. The van der Waals surface area contributed by atoms with E-state index in [9.17, 15) is 49.1 Å². The predicted octanol–water partition coefficient (Wildman–Crippen LogP) is 4.77. The maximum atomic E-state index is 14.2. The first kappa shape index (κ1) is 45.8. The highest BCUT2D eigenvalue weighted by molar-refractivity contribution is 6.37. The normalized spacial score (nSPS) is 12.0. The number of carbonyl (C=O) groups is 6. The van der Waals surface area contributed by atoms with Gasteiger partial charge in [-0.25, -0.2) is 4.90 Å². The molecule has 8 rings (SSSR count). The van der Waals surface area contributed by atoms with Crippen molar-refractivity contribution in [1.29, 1.82) is 0 Å². The molecule has 0 spiro atoms. The number of imide groups is 1. The highest BCUT2D eigenvalue weighted by atomic mass is 16.6. The number of hydrogen-bond donors (Lipinski definition) is 8. The molecule has 68 heavy (non-hydrogen) atoms. The molecule has 1 aliphatic rings. The number of amides is 6. The first-order valence-electron chi connectivity index (χ1n) is 21.6. The van der Waals surface area contributed by atoms with Gasteiger partial charge in [0.2, 0.25) is 0 Å². The third kappa shape index (κ3) is 9.48. The number of anilines is 1. The Kier molecular flexibility index (Phi) is 13.6. The maximum Gasteiger partial charge on any atom is 0.282 e. The number of nitro benzene ring substituents is 1. The molecule has 0 unspecified atom stereocenters. The summed E-state index contributed by atoms with van der Waals surface area (Å²) in [5, 5.41) is 53.6. The van der Waals surface area contributed by atoms with E-state index in [2.05, 4.69) is 31.9 Å². The van der Waals surface area contributed by atoms with Gasteiger partial charge in [0.1, 0.15) is 17.1 Å². The Balaban J connectivity index is 0.913. The number of carbonyl (C=O) groups excluding carboxylic acids is 6. The first-order valence-corrected chi connectivity index (χ1v) is 21.6. The van der Waals surface area contributed by atoms with E-state index in [0.717, 1.165) is 15.7 Å². The molecule has 0 bridgehead atoms. The minimum Gasteiger partial charge on any atom is -0.507 e. The van der Waals surface area contributed by atoms with Gasteiger partial charge in [0.25, 0.3) is 41.1 Å². The van der Waals surface area contributed by atoms with Crippen LogP contribution in [0.2, 0.25) is 0 Å². The fourth-order valence-corrected chi connectivity index (χ4v) is 8.16. The molecule has 18 nitrogen and oxygen atoms in total. The Labute approximate surface area is 387 Å². The van der Waals surface area contributed by atoms with Crippen molar-refractivity contribution < 1.29 is 43.9 Å².